The first-order valence-corrected chi connectivity index (χ1v) is 8.54. The van der Waals surface area contributed by atoms with Crippen LogP contribution in [0.5, 0.6) is 17.2 Å². The Hall–Kier alpha value is -3.18. The molecular weight excluding hydrogens is 366 g/mol. The lowest BCUT2D eigenvalue weighted by Gasteiger charge is -2.12. The zero-order valence-electron chi connectivity index (χ0n) is 14.9. The number of anilines is 1. The van der Waals surface area contributed by atoms with Crippen LogP contribution >= 0.6 is 11.6 Å². The van der Waals surface area contributed by atoms with Crippen LogP contribution < -0.4 is 19.5 Å². The summed E-state index contributed by atoms with van der Waals surface area (Å²) in [5.41, 5.74) is 2.42. The molecule has 0 radical (unpaired) electrons. The number of ether oxygens (including phenoxy) is 3. The van der Waals surface area contributed by atoms with Gasteiger partial charge in [0.05, 0.1) is 24.9 Å². The van der Waals surface area contributed by atoms with Crippen molar-refractivity contribution in [1.29, 1.82) is 0 Å². The molecule has 0 aliphatic carbocycles. The van der Waals surface area contributed by atoms with Crippen molar-refractivity contribution in [3.8, 4) is 28.4 Å². The van der Waals surface area contributed by atoms with E-state index < -0.39 is 6.09 Å². The molecule has 27 heavy (non-hydrogen) atoms. The van der Waals surface area contributed by atoms with Crippen LogP contribution in [0.4, 0.5) is 10.5 Å². The van der Waals surface area contributed by atoms with E-state index in [0.717, 1.165) is 11.1 Å². The van der Waals surface area contributed by atoms with Crippen LogP contribution in [0.15, 0.2) is 66.7 Å². The normalized spacial score (nSPS) is 10.2. The molecular formula is C21H18ClNO4. The van der Waals surface area contributed by atoms with E-state index >= 15 is 0 Å². The average Bonchev–Trinajstić information content (AvgIpc) is 2.70. The first-order valence-electron chi connectivity index (χ1n) is 8.16. The molecule has 5 nitrogen and oxygen atoms in total. The Balaban J connectivity index is 1.73. The lowest BCUT2D eigenvalue weighted by atomic mass is 10.1. The van der Waals surface area contributed by atoms with Crippen LogP contribution in [0.2, 0.25) is 5.02 Å². The van der Waals surface area contributed by atoms with Crippen molar-refractivity contribution in [2.24, 2.45) is 0 Å². The number of benzene rings is 3. The molecule has 0 atom stereocenters. The van der Waals surface area contributed by atoms with Gasteiger partial charge < -0.3 is 14.2 Å². The highest BCUT2D eigenvalue weighted by Crippen LogP contribution is 2.32. The first-order chi connectivity index (χ1) is 13.1. The summed E-state index contributed by atoms with van der Waals surface area (Å²) >= 11 is 6.28. The van der Waals surface area contributed by atoms with E-state index in [1.54, 1.807) is 37.4 Å². The number of rotatable bonds is 5. The van der Waals surface area contributed by atoms with Gasteiger partial charge in [0.1, 0.15) is 11.5 Å². The minimum Gasteiger partial charge on any atom is -0.497 e. The van der Waals surface area contributed by atoms with Crippen LogP contribution in [0.1, 0.15) is 0 Å². The summed E-state index contributed by atoms with van der Waals surface area (Å²) in [4.78, 5) is 12.2. The lowest BCUT2D eigenvalue weighted by molar-refractivity contribution is 0.215. The highest BCUT2D eigenvalue weighted by molar-refractivity contribution is 6.32. The average molecular weight is 384 g/mol. The minimum atomic E-state index is -0.673. The molecule has 0 saturated heterocycles. The fraction of sp³-hybridized carbons (Fsp3) is 0.0952. The van der Waals surface area contributed by atoms with Crippen LogP contribution in [0.25, 0.3) is 11.1 Å². The second-order valence-electron chi connectivity index (χ2n) is 5.59. The van der Waals surface area contributed by atoms with Crippen molar-refractivity contribution in [3.05, 3.63) is 71.8 Å². The largest absolute Gasteiger partial charge is 0.497 e. The van der Waals surface area contributed by atoms with E-state index in [1.807, 2.05) is 36.4 Å². The molecule has 0 bridgehead atoms. The van der Waals surface area contributed by atoms with Crippen molar-refractivity contribution >= 4 is 23.4 Å². The zero-order chi connectivity index (χ0) is 19.2. The summed E-state index contributed by atoms with van der Waals surface area (Å²) in [6.07, 6.45) is -0.673. The molecule has 3 rings (SSSR count). The quantitative estimate of drug-likeness (QED) is 0.619. The van der Waals surface area contributed by atoms with E-state index in [-0.39, 0.29) is 5.75 Å². The summed E-state index contributed by atoms with van der Waals surface area (Å²) in [5, 5.41) is 2.98. The monoisotopic (exact) mass is 383 g/mol. The number of halogens is 1. The molecule has 138 valence electrons. The van der Waals surface area contributed by atoms with Gasteiger partial charge in [0.25, 0.3) is 0 Å². The van der Waals surface area contributed by atoms with Crippen molar-refractivity contribution in [2.75, 3.05) is 19.5 Å². The van der Waals surface area contributed by atoms with Crippen LogP contribution in [0, 0.1) is 0 Å². The number of nitrogens with one attached hydrogen (secondary N) is 1. The maximum atomic E-state index is 12.2. The number of amides is 1. The third-order valence-electron chi connectivity index (χ3n) is 3.89. The van der Waals surface area contributed by atoms with Crippen LogP contribution in [-0.4, -0.2) is 20.3 Å². The zero-order valence-corrected chi connectivity index (χ0v) is 15.6. The van der Waals surface area contributed by atoms with Gasteiger partial charge in [-0.15, -0.1) is 0 Å². The summed E-state index contributed by atoms with van der Waals surface area (Å²) in [6.45, 7) is 0. The Labute approximate surface area is 162 Å². The Kier molecular flexibility index (Phi) is 5.84. The second-order valence-corrected chi connectivity index (χ2v) is 6.00. The fourth-order valence-electron chi connectivity index (χ4n) is 2.53. The highest BCUT2D eigenvalue weighted by Gasteiger charge is 2.13. The van der Waals surface area contributed by atoms with Crippen molar-refractivity contribution in [3.63, 3.8) is 0 Å². The molecule has 0 aromatic heterocycles. The molecule has 1 N–H and O–H groups in total. The lowest BCUT2D eigenvalue weighted by Crippen LogP contribution is -2.17. The van der Waals surface area contributed by atoms with Gasteiger partial charge in [-0.25, -0.2) is 4.79 Å². The summed E-state index contributed by atoms with van der Waals surface area (Å²) in [5.74, 6) is 1.34. The van der Waals surface area contributed by atoms with Gasteiger partial charge in [-0.2, -0.15) is 0 Å². The molecule has 0 spiro atoms. The molecule has 3 aromatic carbocycles. The predicted octanol–water partition coefficient (Wildman–Crippen LogP) is 5.64. The number of hydrogen-bond donors (Lipinski definition) is 1. The number of carbonyl (C=O) groups excluding carboxylic acids is 1. The summed E-state index contributed by atoms with van der Waals surface area (Å²) in [7, 11) is 3.06. The van der Waals surface area contributed by atoms with Gasteiger partial charge >= 0.3 is 6.09 Å². The molecule has 6 heteroatoms. The van der Waals surface area contributed by atoms with Gasteiger partial charge in [0.15, 0.2) is 5.75 Å². The number of hydrogen-bond acceptors (Lipinski definition) is 4. The van der Waals surface area contributed by atoms with Crippen LogP contribution in [0.3, 0.4) is 0 Å². The van der Waals surface area contributed by atoms with Gasteiger partial charge in [-0.1, -0.05) is 48.0 Å². The van der Waals surface area contributed by atoms with Crippen molar-refractivity contribution < 1.29 is 19.0 Å². The Morgan fingerprint density at radius 1 is 0.852 bits per heavy atom. The van der Waals surface area contributed by atoms with Gasteiger partial charge in [-0.3, -0.25) is 5.32 Å². The first kappa shape index (κ1) is 18.6. The Morgan fingerprint density at radius 2 is 1.63 bits per heavy atom. The molecule has 1 amide bonds. The molecule has 0 aliphatic rings. The third-order valence-corrected chi connectivity index (χ3v) is 4.18. The van der Waals surface area contributed by atoms with E-state index in [9.17, 15) is 4.79 Å². The fourth-order valence-corrected chi connectivity index (χ4v) is 2.75. The van der Waals surface area contributed by atoms with Gasteiger partial charge in [0.2, 0.25) is 0 Å². The number of methoxy groups -OCH3 is 2. The number of carbonyl (C=O) groups is 1. The molecule has 0 aliphatic heterocycles. The Morgan fingerprint density at radius 3 is 2.30 bits per heavy atom. The maximum absolute atomic E-state index is 12.2. The summed E-state index contributed by atoms with van der Waals surface area (Å²) < 4.78 is 15.7. The topological polar surface area (TPSA) is 56.8 Å². The molecule has 3 aromatic rings. The third kappa shape index (κ3) is 4.51. The second kappa shape index (κ2) is 8.47. The predicted molar refractivity (Wildman–Crippen MR) is 106 cm³/mol. The maximum Gasteiger partial charge on any atom is 0.417 e. The molecule has 0 heterocycles. The molecule has 0 unspecified atom stereocenters. The summed E-state index contributed by atoms with van der Waals surface area (Å²) in [6, 6.07) is 20.1. The SMILES string of the molecule is COc1ccc(NC(=O)Oc2ccc(-c3ccccc3)cc2Cl)c(OC)c1. The molecule has 0 saturated carbocycles. The van der Waals surface area contributed by atoms with E-state index in [0.29, 0.717) is 22.2 Å². The minimum absolute atomic E-state index is 0.265. The van der Waals surface area contributed by atoms with Gasteiger partial charge in [0, 0.05) is 6.07 Å². The van der Waals surface area contributed by atoms with E-state index in [1.165, 1.54) is 7.11 Å². The standard InChI is InChI=1S/C21H18ClNO4/c1-25-16-9-10-18(20(13-16)26-2)23-21(24)27-19-11-8-15(12-17(19)22)14-6-4-3-5-7-14/h3-13H,1-2H3,(H,23,24). The Bertz CT molecular complexity index is 944. The van der Waals surface area contributed by atoms with Crippen LogP contribution in [-0.2, 0) is 0 Å². The highest BCUT2D eigenvalue weighted by atomic mass is 35.5. The molecule has 0 fully saturated rings. The van der Waals surface area contributed by atoms with E-state index in [4.69, 9.17) is 25.8 Å². The smallest absolute Gasteiger partial charge is 0.417 e. The van der Waals surface area contributed by atoms with E-state index in [2.05, 4.69) is 5.32 Å². The van der Waals surface area contributed by atoms with Gasteiger partial charge in [-0.05, 0) is 35.4 Å². The van der Waals surface area contributed by atoms with Crippen molar-refractivity contribution in [1.82, 2.24) is 0 Å². The van der Waals surface area contributed by atoms with Crippen molar-refractivity contribution in [2.45, 2.75) is 0 Å².